The van der Waals surface area contributed by atoms with Gasteiger partial charge in [-0.2, -0.15) is 5.26 Å². The molecule has 0 bridgehead atoms. The van der Waals surface area contributed by atoms with Gasteiger partial charge >= 0.3 is 6.03 Å². The van der Waals surface area contributed by atoms with Crippen LogP contribution in [0.1, 0.15) is 22.7 Å². The standard InChI is InChI=1S/C20H17N5O/c21-9-14-5-7-15(8-6-14)10-23-20(26)24-12-19-17-4-2-1-3-16(17)18-11-22-13-25(18)19/h1-8,11,13,19H,10,12H2,(H2,23,24,26). The van der Waals surface area contributed by atoms with E-state index >= 15 is 0 Å². The molecular weight excluding hydrogens is 326 g/mol. The van der Waals surface area contributed by atoms with Gasteiger partial charge in [0.15, 0.2) is 0 Å². The monoisotopic (exact) mass is 343 g/mol. The van der Waals surface area contributed by atoms with Crippen LogP contribution in [0, 0.1) is 11.3 Å². The number of aromatic nitrogens is 2. The largest absolute Gasteiger partial charge is 0.336 e. The lowest BCUT2D eigenvalue weighted by Crippen LogP contribution is -2.38. The van der Waals surface area contributed by atoms with Gasteiger partial charge in [0.1, 0.15) is 0 Å². The van der Waals surface area contributed by atoms with Crippen LogP contribution in [-0.2, 0) is 6.54 Å². The number of urea groups is 1. The van der Waals surface area contributed by atoms with Crippen LogP contribution in [0.2, 0.25) is 0 Å². The van der Waals surface area contributed by atoms with E-state index in [-0.39, 0.29) is 12.1 Å². The van der Waals surface area contributed by atoms with Crippen molar-refractivity contribution in [2.24, 2.45) is 0 Å². The van der Waals surface area contributed by atoms with Gasteiger partial charge in [-0.1, -0.05) is 36.4 Å². The Labute approximate surface area is 151 Å². The second-order valence-corrected chi connectivity index (χ2v) is 6.16. The first-order valence-corrected chi connectivity index (χ1v) is 8.38. The molecule has 4 rings (SSSR count). The SMILES string of the molecule is N#Cc1ccc(CNC(=O)NCC2c3ccccc3-c3cncn32)cc1. The lowest BCUT2D eigenvalue weighted by Gasteiger charge is -2.16. The second kappa shape index (κ2) is 6.73. The molecule has 1 aliphatic heterocycles. The molecule has 6 nitrogen and oxygen atoms in total. The number of hydrogen-bond donors (Lipinski definition) is 2. The van der Waals surface area contributed by atoms with Crippen molar-refractivity contribution in [2.45, 2.75) is 12.6 Å². The summed E-state index contributed by atoms with van der Waals surface area (Å²) in [5, 5.41) is 14.6. The molecule has 2 heterocycles. The maximum absolute atomic E-state index is 12.2. The third-order valence-electron chi connectivity index (χ3n) is 4.59. The molecule has 0 radical (unpaired) electrons. The number of fused-ring (bicyclic) bond motifs is 3. The molecule has 26 heavy (non-hydrogen) atoms. The summed E-state index contributed by atoms with van der Waals surface area (Å²) >= 11 is 0. The Morgan fingerprint density at radius 3 is 2.77 bits per heavy atom. The number of carbonyl (C=O) groups is 1. The van der Waals surface area contributed by atoms with Crippen molar-refractivity contribution in [1.82, 2.24) is 20.2 Å². The lowest BCUT2D eigenvalue weighted by molar-refractivity contribution is 0.239. The Balaban J connectivity index is 1.37. The van der Waals surface area contributed by atoms with Gasteiger partial charge in [-0.3, -0.25) is 0 Å². The number of nitrogens with one attached hydrogen (secondary N) is 2. The van der Waals surface area contributed by atoms with Crippen LogP contribution < -0.4 is 10.6 Å². The van der Waals surface area contributed by atoms with Crippen LogP contribution in [0.25, 0.3) is 11.3 Å². The van der Waals surface area contributed by atoms with Gasteiger partial charge in [0.05, 0.1) is 35.9 Å². The summed E-state index contributed by atoms with van der Waals surface area (Å²) in [7, 11) is 0. The van der Waals surface area contributed by atoms with E-state index in [1.165, 1.54) is 5.56 Å². The minimum Gasteiger partial charge on any atom is -0.336 e. The molecule has 128 valence electrons. The van der Waals surface area contributed by atoms with Gasteiger partial charge in [-0.15, -0.1) is 0 Å². The van der Waals surface area contributed by atoms with Gasteiger partial charge in [0, 0.05) is 18.7 Å². The van der Waals surface area contributed by atoms with E-state index in [2.05, 4.69) is 38.4 Å². The summed E-state index contributed by atoms with van der Waals surface area (Å²) in [6, 6.07) is 17.2. The average Bonchev–Trinajstić information content (AvgIpc) is 3.26. The third-order valence-corrected chi connectivity index (χ3v) is 4.59. The number of benzene rings is 2. The highest BCUT2D eigenvalue weighted by atomic mass is 16.2. The Kier molecular flexibility index (Phi) is 4.12. The summed E-state index contributed by atoms with van der Waals surface area (Å²) in [6.45, 7) is 0.898. The zero-order valence-corrected chi connectivity index (χ0v) is 14.0. The number of imidazole rings is 1. The molecule has 0 saturated heterocycles. The van der Waals surface area contributed by atoms with Crippen LogP contribution in [0.5, 0.6) is 0 Å². The molecule has 1 unspecified atom stereocenters. The number of rotatable bonds is 4. The number of amides is 2. The van der Waals surface area contributed by atoms with Crippen LogP contribution in [0.4, 0.5) is 4.79 Å². The minimum absolute atomic E-state index is 0.0457. The highest BCUT2D eigenvalue weighted by molar-refractivity contribution is 5.74. The Morgan fingerprint density at radius 1 is 1.15 bits per heavy atom. The maximum atomic E-state index is 12.2. The predicted octanol–water partition coefficient (Wildman–Crippen LogP) is 2.82. The van der Waals surface area contributed by atoms with Crippen LogP contribution in [-0.4, -0.2) is 22.1 Å². The van der Waals surface area contributed by atoms with Crippen molar-refractivity contribution in [3.63, 3.8) is 0 Å². The fourth-order valence-corrected chi connectivity index (χ4v) is 3.27. The Hall–Kier alpha value is -3.59. The van der Waals surface area contributed by atoms with Gasteiger partial charge < -0.3 is 15.2 Å². The molecule has 6 heteroatoms. The quantitative estimate of drug-likeness (QED) is 0.764. The van der Waals surface area contributed by atoms with Gasteiger partial charge in [-0.05, 0) is 23.3 Å². The van der Waals surface area contributed by atoms with E-state index in [0.717, 1.165) is 16.8 Å². The summed E-state index contributed by atoms with van der Waals surface area (Å²) in [4.78, 5) is 16.4. The number of nitrogens with zero attached hydrogens (tertiary/aromatic N) is 3. The van der Waals surface area contributed by atoms with Crippen molar-refractivity contribution in [2.75, 3.05) is 6.54 Å². The van der Waals surface area contributed by atoms with Crippen molar-refractivity contribution in [3.05, 3.63) is 77.7 Å². The van der Waals surface area contributed by atoms with E-state index < -0.39 is 0 Å². The molecular formula is C20H17N5O. The van der Waals surface area contributed by atoms with Crippen molar-refractivity contribution < 1.29 is 4.79 Å². The predicted molar refractivity (Wildman–Crippen MR) is 97.2 cm³/mol. The summed E-state index contributed by atoms with van der Waals surface area (Å²) < 4.78 is 2.09. The topological polar surface area (TPSA) is 82.7 Å². The van der Waals surface area contributed by atoms with E-state index in [9.17, 15) is 4.79 Å². The number of nitriles is 1. The smallest absolute Gasteiger partial charge is 0.315 e. The van der Waals surface area contributed by atoms with Crippen molar-refractivity contribution >= 4 is 6.03 Å². The third kappa shape index (κ3) is 2.91. The average molecular weight is 343 g/mol. The van der Waals surface area contributed by atoms with Crippen molar-refractivity contribution in [1.29, 1.82) is 5.26 Å². The Bertz CT molecular complexity index is 984. The summed E-state index contributed by atoms with van der Waals surface area (Å²) in [5.74, 6) is 0. The molecule has 2 N–H and O–H groups in total. The fourth-order valence-electron chi connectivity index (χ4n) is 3.27. The molecule has 0 fully saturated rings. The van der Waals surface area contributed by atoms with Gasteiger partial charge in [-0.25, -0.2) is 9.78 Å². The molecule has 0 spiro atoms. The van der Waals surface area contributed by atoms with Crippen LogP contribution in [0.3, 0.4) is 0 Å². The molecule has 1 atom stereocenters. The fraction of sp³-hybridized carbons (Fsp3) is 0.150. The molecule has 1 aliphatic rings. The number of carbonyl (C=O) groups excluding carboxylic acids is 1. The van der Waals surface area contributed by atoms with E-state index in [1.807, 2.05) is 30.5 Å². The molecule has 1 aromatic heterocycles. The first-order chi connectivity index (χ1) is 12.8. The first-order valence-electron chi connectivity index (χ1n) is 8.38. The van der Waals surface area contributed by atoms with Crippen LogP contribution in [0.15, 0.2) is 61.1 Å². The van der Waals surface area contributed by atoms with Gasteiger partial charge in [0.25, 0.3) is 0 Å². The zero-order chi connectivity index (χ0) is 17.9. The lowest BCUT2D eigenvalue weighted by atomic mass is 10.0. The summed E-state index contributed by atoms with van der Waals surface area (Å²) in [6.07, 6.45) is 3.65. The minimum atomic E-state index is -0.222. The first kappa shape index (κ1) is 15.9. The van der Waals surface area contributed by atoms with Crippen LogP contribution >= 0.6 is 0 Å². The van der Waals surface area contributed by atoms with E-state index in [0.29, 0.717) is 18.7 Å². The van der Waals surface area contributed by atoms with E-state index in [1.54, 1.807) is 18.5 Å². The Morgan fingerprint density at radius 2 is 1.96 bits per heavy atom. The normalized spacial score (nSPS) is 14.2. The maximum Gasteiger partial charge on any atom is 0.315 e. The number of hydrogen-bond acceptors (Lipinski definition) is 3. The highest BCUT2D eigenvalue weighted by Gasteiger charge is 2.27. The van der Waals surface area contributed by atoms with Gasteiger partial charge in [0.2, 0.25) is 0 Å². The molecule has 2 aromatic carbocycles. The molecule has 0 saturated carbocycles. The molecule has 2 amide bonds. The molecule has 0 aliphatic carbocycles. The summed E-state index contributed by atoms with van der Waals surface area (Å²) in [5.41, 5.74) is 4.98. The van der Waals surface area contributed by atoms with Crippen molar-refractivity contribution in [3.8, 4) is 17.3 Å². The highest BCUT2D eigenvalue weighted by Crippen LogP contribution is 2.38. The molecule has 3 aromatic rings. The van der Waals surface area contributed by atoms with E-state index in [4.69, 9.17) is 5.26 Å². The zero-order valence-electron chi connectivity index (χ0n) is 14.0. The second-order valence-electron chi connectivity index (χ2n) is 6.16.